The molecule has 0 spiro atoms. The fourth-order valence-corrected chi connectivity index (χ4v) is 1.73. The van der Waals surface area contributed by atoms with Crippen LogP contribution in [0, 0.1) is 5.41 Å². The Kier molecular flexibility index (Phi) is 3.92. The molecule has 1 atom stereocenters. The molecule has 0 radical (unpaired) electrons. The van der Waals surface area contributed by atoms with Gasteiger partial charge < -0.3 is 0 Å². The summed E-state index contributed by atoms with van der Waals surface area (Å²) in [5.74, 6) is 0.0952. The monoisotopic (exact) mass is 224 g/mol. The van der Waals surface area contributed by atoms with Gasteiger partial charge in [-0.2, -0.15) is 0 Å². The van der Waals surface area contributed by atoms with Crippen LogP contribution in [0.5, 0.6) is 0 Å². The molecule has 2 heteroatoms. The summed E-state index contributed by atoms with van der Waals surface area (Å²) in [7, 11) is 0. The minimum Gasteiger partial charge on any atom is -0.297 e. The smallest absolute Gasteiger partial charge is 0.160 e. The summed E-state index contributed by atoms with van der Waals surface area (Å²) in [4.78, 5) is 12.1. The summed E-state index contributed by atoms with van der Waals surface area (Å²) >= 11 is 6.17. The molecule has 0 aliphatic heterocycles. The molecule has 1 rings (SSSR count). The second kappa shape index (κ2) is 4.80. The molecule has 0 fully saturated rings. The maximum Gasteiger partial charge on any atom is 0.160 e. The van der Waals surface area contributed by atoms with Crippen molar-refractivity contribution in [3.63, 3.8) is 0 Å². The molecule has 1 aromatic rings. The number of halogens is 1. The van der Waals surface area contributed by atoms with Crippen molar-refractivity contribution < 1.29 is 4.79 Å². The van der Waals surface area contributed by atoms with E-state index in [1.54, 1.807) is 0 Å². The Labute approximate surface area is 96.5 Å². The van der Waals surface area contributed by atoms with Crippen LogP contribution in [0.25, 0.3) is 0 Å². The van der Waals surface area contributed by atoms with Gasteiger partial charge in [0.05, 0.1) is 0 Å². The highest BCUT2D eigenvalue weighted by Gasteiger charge is 2.31. The maximum absolute atomic E-state index is 12.1. The molecule has 15 heavy (non-hydrogen) atoms. The largest absolute Gasteiger partial charge is 0.297 e. The van der Waals surface area contributed by atoms with Crippen LogP contribution >= 0.6 is 11.6 Å². The average Bonchev–Trinajstić information content (AvgIpc) is 2.28. The van der Waals surface area contributed by atoms with E-state index in [-0.39, 0.29) is 11.2 Å². The van der Waals surface area contributed by atoms with Gasteiger partial charge in [-0.3, -0.25) is 4.79 Å². The van der Waals surface area contributed by atoms with Gasteiger partial charge in [-0.05, 0) is 12.0 Å². The molecule has 0 aliphatic rings. The number of benzene rings is 1. The van der Waals surface area contributed by atoms with E-state index in [2.05, 4.69) is 0 Å². The number of ketones is 1. The lowest BCUT2D eigenvalue weighted by Gasteiger charge is -2.23. The van der Waals surface area contributed by atoms with Crippen LogP contribution in [0.2, 0.25) is 0 Å². The fraction of sp³-hybridized carbons (Fsp3) is 0.462. The summed E-state index contributed by atoms with van der Waals surface area (Å²) in [6, 6.07) is 9.50. The zero-order valence-corrected chi connectivity index (χ0v) is 10.2. The minimum atomic E-state index is -0.527. The summed E-state index contributed by atoms with van der Waals surface area (Å²) in [6.45, 7) is 5.88. The van der Waals surface area contributed by atoms with E-state index in [0.29, 0.717) is 0 Å². The molecule has 0 N–H and O–H groups in total. The van der Waals surface area contributed by atoms with Crippen LogP contribution in [0.3, 0.4) is 0 Å². The highest BCUT2D eigenvalue weighted by atomic mass is 35.5. The first-order valence-electron chi connectivity index (χ1n) is 5.22. The number of rotatable bonds is 4. The third-order valence-corrected chi connectivity index (χ3v) is 3.32. The van der Waals surface area contributed by atoms with Crippen molar-refractivity contribution in [2.24, 2.45) is 5.41 Å². The van der Waals surface area contributed by atoms with Gasteiger partial charge in [0, 0.05) is 5.41 Å². The van der Waals surface area contributed by atoms with Crippen molar-refractivity contribution in [3.05, 3.63) is 35.9 Å². The van der Waals surface area contributed by atoms with Crippen LogP contribution in [-0.4, -0.2) is 5.78 Å². The lowest BCUT2D eigenvalue weighted by atomic mass is 9.82. The molecule has 0 saturated carbocycles. The molecule has 0 amide bonds. The molecule has 0 heterocycles. The predicted molar refractivity (Wildman–Crippen MR) is 64.1 cm³/mol. The molecule has 0 bridgehead atoms. The van der Waals surface area contributed by atoms with Crippen molar-refractivity contribution in [1.82, 2.24) is 0 Å². The summed E-state index contributed by atoms with van der Waals surface area (Å²) in [6.07, 6.45) is 0.807. The first-order chi connectivity index (χ1) is 6.99. The lowest BCUT2D eigenvalue weighted by molar-refractivity contribution is -0.127. The average molecular weight is 225 g/mol. The summed E-state index contributed by atoms with van der Waals surface area (Å²) < 4.78 is 0. The highest BCUT2D eigenvalue weighted by molar-refractivity contribution is 6.31. The Bertz CT molecular complexity index is 330. The molecule has 0 aliphatic carbocycles. The number of Topliss-reactive ketones (excluding diaryl/α,β-unsaturated/α-hetero) is 1. The molecule has 1 aromatic carbocycles. The number of alkyl halides is 1. The first-order valence-corrected chi connectivity index (χ1v) is 5.66. The second-order valence-electron chi connectivity index (χ2n) is 4.37. The number of carbonyl (C=O) groups excluding carboxylic acids is 1. The molecular weight excluding hydrogens is 208 g/mol. The Balaban J connectivity index is 2.87. The van der Waals surface area contributed by atoms with Crippen molar-refractivity contribution in [2.45, 2.75) is 32.6 Å². The van der Waals surface area contributed by atoms with Crippen LogP contribution in [0.1, 0.15) is 38.1 Å². The third kappa shape index (κ3) is 2.82. The second-order valence-corrected chi connectivity index (χ2v) is 4.81. The molecule has 0 aromatic heterocycles. The predicted octanol–water partition coefficient (Wildman–Crippen LogP) is 3.97. The standard InChI is InChI=1S/C13H17ClO/c1-4-13(2,3)12(15)11(14)10-8-6-5-7-9-10/h5-9,11H,4H2,1-3H3. The van der Waals surface area contributed by atoms with Gasteiger partial charge in [-0.15, -0.1) is 11.6 Å². The van der Waals surface area contributed by atoms with Crippen molar-refractivity contribution >= 4 is 17.4 Å². The minimum absolute atomic E-state index is 0.0952. The van der Waals surface area contributed by atoms with Crippen molar-refractivity contribution in [2.75, 3.05) is 0 Å². The van der Waals surface area contributed by atoms with Gasteiger partial charge in [0.1, 0.15) is 5.38 Å². The van der Waals surface area contributed by atoms with Gasteiger partial charge in [-0.1, -0.05) is 51.1 Å². The van der Waals surface area contributed by atoms with E-state index in [9.17, 15) is 4.79 Å². The Morgan fingerprint density at radius 1 is 1.33 bits per heavy atom. The molecular formula is C13H17ClO. The van der Waals surface area contributed by atoms with Crippen molar-refractivity contribution in [1.29, 1.82) is 0 Å². The van der Waals surface area contributed by atoms with Gasteiger partial charge >= 0.3 is 0 Å². The van der Waals surface area contributed by atoms with Gasteiger partial charge in [-0.25, -0.2) is 0 Å². The Morgan fingerprint density at radius 3 is 2.33 bits per heavy atom. The topological polar surface area (TPSA) is 17.1 Å². The zero-order valence-electron chi connectivity index (χ0n) is 9.46. The normalized spacial score (nSPS) is 13.6. The lowest BCUT2D eigenvalue weighted by Crippen LogP contribution is -2.26. The van der Waals surface area contributed by atoms with E-state index in [1.165, 1.54) is 0 Å². The molecule has 82 valence electrons. The number of hydrogen-bond donors (Lipinski definition) is 0. The summed E-state index contributed by atoms with van der Waals surface area (Å²) in [5, 5.41) is -0.527. The van der Waals surface area contributed by atoms with E-state index >= 15 is 0 Å². The Morgan fingerprint density at radius 2 is 1.87 bits per heavy atom. The van der Waals surface area contributed by atoms with E-state index < -0.39 is 5.38 Å². The van der Waals surface area contributed by atoms with Crippen LogP contribution in [-0.2, 0) is 4.79 Å². The quantitative estimate of drug-likeness (QED) is 0.708. The van der Waals surface area contributed by atoms with Crippen LogP contribution in [0.15, 0.2) is 30.3 Å². The highest BCUT2D eigenvalue weighted by Crippen LogP contribution is 2.32. The van der Waals surface area contributed by atoms with E-state index in [1.807, 2.05) is 51.1 Å². The molecule has 1 nitrogen and oxygen atoms in total. The third-order valence-electron chi connectivity index (χ3n) is 2.87. The number of carbonyl (C=O) groups is 1. The molecule has 0 saturated heterocycles. The van der Waals surface area contributed by atoms with Gasteiger partial charge in [0.15, 0.2) is 5.78 Å². The van der Waals surface area contributed by atoms with Gasteiger partial charge in [0.25, 0.3) is 0 Å². The number of hydrogen-bond acceptors (Lipinski definition) is 1. The SMILES string of the molecule is CCC(C)(C)C(=O)C(Cl)c1ccccc1. The first kappa shape index (κ1) is 12.3. The van der Waals surface area contributed by atoms with E-state index in [0.717, 1.165) is 12.0 Å². The van der Waals surface area contributed by atoms with Gasteiger partial charge in [0.2, 0.25) is 0 Å². The zero-order chi connectivity index (χ0) is 11.5. The van der Waals surface area contributed by atoms with Crippen molar-refractivity contribution in [3.8, 4) is 0 Å². The van der Waals surface area contributed by atoms with E-state index in [4.69, 9.17) is 11.6 Å². The summed E-state index contributed by atoms with van der Waals surface area (Å²) in [5.41, 5.74) is 0.535. The maximum atomic E-state index is 12.1. The molecule has 1 unspecified atom stereocenters. The Hall–Kier alpha value is -0.820. The van der Waals surface area contributed by atoms with Crippen LogP contribution in [0.4, 0.5) is 0 Å². The van der Waals surface area contributed by atoms with Crippen LogP contribution < -0.4 is 0 Å². The fourth-order valence-electron chi connectivity index (χ4n) is 1.29.